The van der Waals surface area contributed by atoms with Gasteiger partial charge in [0.1, 0.15) is 0 Å². The Labute approximate surface area is 143 Å². The van der Waals surface area contributed by atoms with Gasteiger partial charge >= 0.3 is 0 Å². The van der Waals surface area contributed by atoms with Gasteiger partial charge < -0.3 is 9.26 Å². The minimum absolute atomic E-state index is 0.298. The van der Waals surface area contributed by atoms with E-state index in [1.807, 2.05) is 25.1 Å². The summed E-state index contributed by atoms with van der Waals surface area (Å²) in [7, 11) is 0. The van der Waals surface area contributed by atoms with Crippen LogP contribution >= 0.6 is 0 Å². The van der Waals surface area contributed by atoms with Crippen LogP contribution in [0.5, 0.6) is 5.88 Å². The highest BCUT2D eigenvalue weighted by molar-refractivity contribution is 5.14. The summed E-state index contributed by atoms with van der Waals surface area (Å²) in [5, 5.41) is 4.04. The van der Waals surface area contributed by atoms with Gasteiger partial charge in [-0.05, 0) is 32.4 Å². The summed E-state index contributed by atoms with van der Waals surface area (Å²) in [6.45, 7) is 9.60. The van der Waals surface area contributed by atoms with E-state index in [0.29, 0.717) is 30.2 Å². The van der Waals surface area contributed by atoms with Crippen LogP contribution in [0.25, 0.3) is 0 Å². The molecule has 0 aliphatic carbocycles. The highest BCUT2D eigenvalue weighted by Gasteiger charge is 2.22. The number of hydrogen-bond donors (Lipinski definition) is 0. The predicted octanol–water partition coefficient (Wildman–Crippen LogP) is 3.19. The first-order valence-corrected chi connectivity index (χ1v) is 8.71. The summed E-state index contributed by atoms with van der Waals surface area (Å²) in [6.07, 6.45) is 2.35. The van der Waals surface area contributed by atoms with Gasteiger partial charge in [-0.2, -0.15) is 4.98 Å². The lowest BCUT2D eigenvalue weighted by Gasteiger charge is -2.31. The monoisotopic (exact) mass is 330 g/mol. The molecule has 2 aromatic heterocycles. The van der Waals surface area contributed by atoms with Gasteiger partial charge in [0.15, 0.2) is 5.82 Å². The Morgan fingerprint density at radius 3 is 2.96 bits per heavy atom. The Hall–Kier alpha value is -1.95. The smallest absolute Gasteiger partial charge is 0.240 e. The average molecular weight is 330 g/mol. The first-order chi connectivity index (χ1) is 11.6. The van der Waals surface area contributed by atoms with Crippen molar-refractivity contribution < 1.29 is 9.26 Å². The predicted molar refractivity (Wildman–Crippen MR) is 90.9 cm³/mol. The van der Waals surface area contributed by atoms with Crippen LogP contribution in [0, 0.1) is 12.8 Å². The number of rotatable bonds is 6. The van der Waals surface area contributed by atoms with Crippen molar-refractivity contribution in [3.63, 3.8) is 0 Å². The molecule has 0 spiro atoms. The second-order valence-electron chi connectivity index (χ2n) is 6.87. The van der Waals surface area contributed by atoms with E-state index in [2.05, 4.69) is 33.9 Å². The second-order valence-corrected chi connectivity index (χ2v) is 6.87. The van der Waals surface area contributed by atoms with Crippen molar-refractivity contribution >= 4 is 0 Å². The number of likely N-dealkylation sites (tertiary alicyclic amines) is 1. The van der Waals surface area contributed by atoms with Crippen LogP contribution in [0.1, 0.15) is 50.0 Å². The molecule has 0 N–H and O–H groups in total. The molecule has 1 unspecified atom stereocenters. The molecule has 0 bridgehead atoms. The molecule has 1 aliphatic heterocycles. The van der Waals surface area contributed by atoms with Gasteiger partial charge in [0, 0.05) is 30.1 Å². The molecule has 24 heavy (non-hydrogen) atoms. The molecule has 1 fully saturated rings. The molecular formula is C18H26N4O2. The molecule has 3 heterocycles. The first kappa shape index (κ1) is 16.9. The van der Waals surface area contributed by atoms with Crippen molar-refractivity contribution in [1.82, 2.24) is 20.0 Å². The maximum absolute atomic E-state index is 5.87. The lowest BCUT2D eigenvalue weighted by molar-refractivity contribution is 0.113. The molecule has 6 heteroatoms. The lowest BCUT2D eigenvalue weighted by Crippen LogP contribution is -2.37. The Bertz CT molecular complexity index is 656. The van der Waals surface area contributed by atoms with E-state index in [1.165, 1.54) is 12.8 Å². The number of aromatic nitrogens is 3. The van der Waals surface area contributed by atoms with Gasteiger partial charge in [-0.15, -0.1) is 0 Å². The fraction of sp³-hybridized carbons (Fsp3) is 0.611. The van der Waals surface area contributed by atoms with Crippen LogP contribution in [0.4, 0.5) is 0 Å². The zero-order chi connectivity index (χ0) is 16.9. The van der Waals surface area contributed by atoms with E-state index < -0.39 is 0 Å². The van der Waals surface area contributed by atoms with Crippen molar-refractivity contribution in [2.45, 2.75) is 46.1 Å². The number of ether oxygens (including phenoxy) is 1. The molecule has 0 amide bonds. The van der Waals surface area contributed by atoms with Crippen LogP contribution in [0.15, 0.2) is 22.7 Å². The van der Waals surface area contributed by atoms with Crippen LogP contribution < -0.4 is 4.74 Å². The normalized spacial score (nSPS) is 18.9. The molecular weight excluding hydrogens is 304 g/mol. The fourth-order valence-corrected chi connectivity index (χ4v) is 2.99. The summed E-state index contributed by atoms with van der Waals surface area (Å²) < 4.78 is 11.2. The SMILES string of the molecule is Cc1cccc(OCC2CCCN(Cc3nc(C(C)C)no3)C2)n1. The van der Waals surface area contributed by atoms with E-state index in [0.717, 1.165) is 31.2 Å². The van der Waals surface area contributed by atoms with Gasteiger partial charge in [0.2, 0.25) is 11.8 Å². The molecule has 0 saturated carbocycles. The number of aryl methyl sites for hydroxylation is 1. The molecule has 0 aromatic carbocycles. The average Bonchev–Trinajstić information content (AvgIpc) is 3.02. The second kappa shape index (κ2) is 7.75. The van der Waals surface area contributed by atoms with Gasteiger partial charge in [0.05, 0.1) is 13.2 Å². The summed E-state index contributed by atoms with van der Waals surface area (Å²) in [4.78, 5) is 11.2. The number of pyridine rings is 1. The third kappa shape index (κ3) is 4.54. The number of nitrogens with zero attached hydrogens (tertiary/aromatic N) is 4. The van der Waals surface area contributed by atoms with Crippen LogP contribution in [0.3, 0.4) is 0 Å². The van der Waals surface area contributed by atoms with E-state index in [9.17, 15) is 0 Å². The first-order valence-electron chi connectivity index (χ1n) is 8.71. The van der Waals surface area contributed by atoms with Gasteiger partial charge in [-0.1, -0.05) is 25.1 Å². The summed E-state index contributed by atoms with van der Waals surface area (Å²) in [5.41, 5.74) is 0.982. The molecule has 0 radical (unpaired) electrons. The minimum Gasteiger partial charge on any atom is -0.477 e. The maximum atomic E-state index is 5.87. The molecule has 2 aromatic rings. The highest BCUT2D eigenvalue weighted by atomic mass is 16.5. The number of hydrogen-bond acceptors (Lipinski definition) is 6. The molecule has 1 atom stereocenters. The van der Waals surface area contributed by atoms with Crippen molar-refractivity contribution in [3.8, 4) is 5.88 Å². The largest absolute Gasteiger partial charge is 0.477 e. The summed E-state index contributed by atoms with van der Waals surface area (Å²) in [6, 6.07) is 5.87. The standard InChI is InChI=1S/C18H26N4O2/c1-13(2)18-20-17(24-21-18)11-22-9-5-7-15(10-22)12-23-16-8-4-6-14(3)19-16/h4,6,8,13,15H,5,7,9-12H2,1-3H3. The van der Waals surface area contributed by atoms with Gasteiger partial charge in [0.25, 0.3) is 0 Å². The fourth-order valence-electron chi connectivity index (χ4n) is 2.99. The van der Waals surface area contributed by atoms with Crippen molar-refractivity contribution in [2.75, 3.05) is 19.7 Å². The quantitative estimate of drug-likeness (QED) is 0.810. The molecule has 6 nitrogen and oxygen atoms in total. The van der Waals surface area contributed by atoms with Crippen LogP contribution in [0.2, 0.25) is 0 Å². The van der Waals surface area contributed by atoms with E-state index in [4.69, 9.17) is 9.26 Å². The summed E-state index contributed by atoms with van der Waals surface area (Å²) >= 11 is 0. The third-order valence-corrected chi connectivity index (χ3v) is 4.29. The molecule has 1 saturated heterocycles. The molecule has 1 aliphatic rings. The van der Waals surface area contributed by atoms with E-state index in [-0.39, 0.29) is 0 Å². The Kier molecular flexibility index (Phi) is 5.45. The Morgan fingerprint density at radius 1 is 1.33 bits per heavy atom. The van der Waals surface area contributed by atoms with E-state index >= 15 is 0 Å². The third-order valence-electron chi connectivity index (χ3n) is 4.29. The van der Waals surface area contributed by atoms with Crippen LogP contribution in [-0.2, 0) is 6.54 Å². The van der Waals surface area contributed by atoms with Crippen LogP contribution in [-0.4, -0.2) is 39.7 Å². The lowest BCUT2D eigenvalue weighted by atomic mass is 9.99. The van der Waals surface area contributed by atoms with Gasteiger partial charge in [-0.3, -0.25) is 4.90 Å². The zero-order valence-corrected chi connectivity index (χ0v) is 14.7. The summed E-state index contributed by atoms with van der Waals surface area (Å²) in [5.74, 6) is 3.01. The van der Waals surface area contributed by atoms with Gasteiger partial charge in [-0.25, -0.2) is 4.98 Å². The van der Waals surface area contributed by atoms with E-state index in [1.54, 1.807) is 0 Å². The zero-order valence-electron chi connectivity index (χ0n) is 14.7. The number of piperidine rings is 1. The maximum Gasteiger partial charge on any atom is 0.240 e. The van der Waals surface area contributed by atoms with Crippen molar-refractivity contribution in [1.29, 1.82) is 0 Å². The minimum atomic E-state index is 0.298. The topological polar surface area (TPSA) is 64.3 Å². The van der Waals surface area contributed by atoms with Crippen molar-refractivity contribution in [3.05, 3.63) is 35.6 Å². The van der Waals surface area contributed by atoms with Crippen molar-refractivity contribution in [2.24, 2.45) is 5.92 Å². The Morgan fingerprint density at radius 2 is 2.21 bits per heavy atom. The Balaban J connectivity index is 1.50. The molecule has 3 rings (SSSR count). The highest BCUT2D eigenvalue weighted by Crippen LogP contribution is 2.20. The molecule has 130 valence electrons.